The van der Waals surface area contributed by atoms with Gasteiger partial charge in [-0.25, -0.2) is 0 Å². The summed E-state index contributed by atoms with van der Waals surface area (Å²) in [5.74, 6) is 2.94. The van der Waals surface area contributed by atoms with Crippen LogP contribution in [0.25, 0.3) is 0 Å². The smallest absolute Gasteiger partial charge is 0.312 e. The van der Waals surface area contributed by atoms with Crippen LogP contribution in [0.1, 0.15) is 99.8 Å². The van der Waals surface area contributed by atoms with Gasteiger partial charge in [-0.15, -0.1) is 0 Å². The number of carbonyl (C=O) groups is 2. The number of esters is 1. The van der Waals surface area contributed by atoms with Gasteiger partial charge < -0.3 is 4.74 Å². The normalized spacial score (nSPS) is 30.3. The summed E-state index contributed by atoms with van der Waals surface area (Å²) in [7, 11) is 0. The summed E-state index contributed by atoms with van der Waals surface area (Å²) in [4.78, 5) is 23.3. The average molecular weight is 433 g/mol. The fraction of sp³-hybridized carbons (Fsp3) is 0.786. The Kier molecular flexibility index (Phi) is 12.4. The fourth-order valence-electron chi connectivity index (χ4n) is 4.97. The molecule has 0 aromatic rings. The highest BCUT2D eigenvalue weighted by Gasteiger charge is 2.51. The number of ether oxygens (including phenoxy) is 1. The monoisotopic (exact) mass is 432 g/mol. The lowest BCUT2D eigenvalue weighted by atomic mass is 9.57. The molecule has 0 N–H and O–H groups in total. The summed E-state index contributed by atoms with van der Waals surface area (Å²) < 4.78 is 5.31. The van der Waals surface area contributed by atoms with Gasteiger partial charge in [0.1, 0.15) is 5.78 Å². The Morgan fingerprint density at radius 3 is 2.29 bits per heavy atom. The third-order valence-electron chi connectivity index (χ3n) is 6.68. The highest BCUT2D eigenvalue weighted by molar-refractivity contribution is 5.80. The molecule has 1 fully saturated rings. The maximum atomic E-state index is 11.8. The molecule has 178 valence electrons. The molecular weight excluding hydrogens is 384 g/mol. The van der Waals surface area contributed by atoms with Crippen LogP contribution in [-0.2, 0) is 14.3 Å². The second-order valence-electron chi connectivity index (χ2n) is 10.1. The lowest BCUT2D eigenvalue weighted by molar-refractivity contribution is -0.165. The number of hydrogen-bond acceptors (Lipinski definition) is 3. The first-order chi connectivity index (χ1) is 14.8. The predicted octanol–water partition coefficient (Wildman–Crippen LogP) is 7.55. The first-order valence-electron chi connectivity index (χ1n) is 12.8. The van der Waals surface area contributed by atoms with Crippen molar-refractivity contribution < 1.29 is 14.3 Å². The minimum Gasteiger partial charge on any atom is -0.465 e. The van der Waals surface area contributed by atoms with Crippen molar-refractivity contribution in [1.29, 1.82) is 0 Å². The van der Waals surface area contributed by atoms with Gasteiger partial charge in [-0.05, 0) is 62.7 Å². The molecule has 3 nitrogen and oxygen atoms in total. The zero-order chi connectivity index (χ0) is 23.4. The Labute approximate surface area is 192 Å². The number of fused-ring (bicyclic) bond motifs is 1. The molecule has 0 amide bonds. The molecule has 4 aliphatic carbocycles. The van der Waals surface area contributed by atoms with E-state index in [0.717, 1.165) is 19.3 Å². The summed E-state index contributed by atoms with van der Waals surface area (Å²) in [5, 5.41) is 0. The average Bonchev–Trinajstić information content (AvgIpc) is 2.73. The molecule has 0 saturated heterocycles. The SMILES string of the molecule is CC.CC(C)COC(=O)C12CC=CC(C1)C2.CCCCC[C@@H]1CC(C)C=CC1C(C)=O. The van der Waals surface area contributed by atoms with E-state index >= 15 is 0 Å². The van der Waals surface area contributed by atoms with Gasteiger partial charge in [-0.2, -0.15) is 0 Å². The van der Waals surface area contributed by atoms with E-state index in [-0.39, 0.29) is 17.3 Å². The number of hydrogen-bond donors (Lipinski definition) is 0. The van der Waals surface area contributed by atoms with Crippen LogP contribution in [0.3, 0.4) is 0 Å². The number of ketones is 1. The summed E-state index contributed by atoms with van der Waals surface area (Å²) in [6.07, 6.45) is 17.9. The Balaban J connectivity index is 0.000000287. The van der Waals surface area contributed by atoms with E-state index in [9.17, 15) is 9.59 Å². The zero-order valence-electron chi connectivity index (χ0n) is 21.3. The molecule has 2 unspecified atom stereocenters. The van der Waals surface area contributed by atoms with Gasteiger partial charge in [0.2, 0.25) is 0 Å². The molecule has 0 spiro atoms. The summed E-state index contributed by atoms with van der Waals surface area (Å²) in [6.45, 7) is 14.9. The Bertz CT molecular complexity index is 595. The van der Waals surface area contributed by atoms with Crippen LogP contribution in [0.5, 0.6) is 0 Å². The quantitative estimate of drug-likeness (QED) is 0.226. The summed E-state index contributed by atoms with van der Waals surface area (Å²) >= 11 is 0. The molecule has 0 heterocycles. The van der Waals surface area contributed by atoms with Crippen LogP contribution >= 0.6 is 0 Å². The maximum absolute atomic E-state index is 11.8. The molecule has 0 radical (unpaired) electrons. The molecule has 4 rings (SSSR count). The third kappa shape index (κ3) is 8.58. The highest BCUT2D eigenvalue weighted by atomic mass is 16.5. The molecule has 0 aromatic heterocycles. The second-order valence-corrected chi connectivity index (χ2v) is 10.1. The van der Waals surface area contributed by atoms with E-state index in [2.05, 4.69) is 52.0 Å². The van der Waals surface area contributed by atoms with E-state index in [1.54, 1.807) is 6.92 Å². The summed E-state index contributed by atoms with van der Waals surface area (Å²) in [5.41, 5.74) is -0.131. The summed E-state index contributed by atoms with van der Waals surface area (Å²) in [6, 6.07) is 0. The van der Waals surface area contributed by atoms with E-state index in [1.165, 1.54) is 32.1 Å². The van der Waals surface area contributed by atoms with Gasteiger partial charge in [0.15, 0.2) is 0 Å². The Morgan fingerprint density at radius 1 is 1.10 bits per heavy atom. The predicted molar refractivity (Wildman–Crippen MR) is 131 cm³/mol. The highest BCUT2D eigenvalue weighted by Crippen LogP contribution is 2.53. The largest absolute Gasteiger partial charge is 0.465 e. The molecule has 3 atom stereocenters. The molecule has 31 heavy (non-hydrogen) atoms. The van der Waals surface area contributed by atoms with Crippen LogP contribution in [0, 0.1) is 35.0 Å². The number of Topliss-reactive ketones (excluding diaryl/α,β-unsaturated/α-hetero) is 1. The van der Waals surface area contributed by atoms with E-state index in [4.69, 9.17) is 4.74 Å². The van der Waals surface area contributed by atoms with Gasteiger partial charge in [0, 0.05) is 5.92 Å². The fourth-order valence-corrected chi connectivity index (χ4v) is 4.97. The zero-order valence-corrected chi connectivity index (χ0v) is 21.3. The van der Waals surface area contributed by atoms with Crippen LogP contribution in [0.15, 0.2) is 24.3 Å². The van der Waals surface area contributed by atoms with E-state index in [0.29, 0.717) is 36.1 Å². The van der Waals surface area contributed by atoms with Gasteiger partial charge in [0.05, 0.1) is 12.0 Å². The number of carbonyl (C=O) groups excluding carboxylic acids is 2. The minimum atomic E-state index is -0.131. The van der Waals surface area contributed by atoms with Gasteiger partial charge >= 0.3 is 5.97 Å². The van der Waals surface area contributed by atoms with Crippen LogP contribution in [0.4, 0.5) is 0 Å². The number of rotatable bonds is 8. The molecule has 1 saturated carbocycles. The van der Waals surface area contributed by atoms with Crippen molar-refractivity contribution in [3.05, 3.63) is 24.3 Å². The first kappa shape index (κ1) is 27.7. The molecular formula is C28H48O3. The number of unbranched alkanes of at least 4 members (excludes halogenated alkanes) is 2. The van der Waals surface area contributed by atoms with Gasteiger partial charge in [-0.1, -0.05) is 85.1 Å². The van der Waals surface area contributed by atoms with Crippen molar-refractivity contribution >= 4 is 11.8 Å². The van der Waals surface area contributed by atoms with E-state index in [1.807, 2.05) is 13.8 Å². The van der Waals surface area contributed by atoms with Crippen LogP contribution < -0.4 is 0 Å². The third-order valence-corrected chi connectivity index (χ3v) is 6.68. The maximum Gasteiger partial charge on any atom is 0.312 e. The van der Waals surface area contributed by atoms with Crippen molar-refractivity contribution in [3.8, 4) is 0 Å². The lowest BCUT2D eigenvalue weighted by Gasteiger charge is -2.47. The minimum absolute atomic E-state index is 0.0341. The Hall–Kier alpha value is -1.38. The molecule has 3 heteroatoms. The van der Waals surface area contributed by atoms with Crippen molar-refractivity contribution in [2.24, 2.45) is 35.0 Å². The molecule has 4 aliphatic rings. The Morgan fingerprint density at radius 2 is 1.77 bits per heavy atom. The van der Waals surface area contributed by atoms with Crippen LogP contribution in [0.2, 0.25) is 0 Å². The van der Waals surface area contributed by atoms with Crippen molar-refractivity contribution in [3.63, 3.8) is 0 Å². The molecule has 0 aromatic carbocycles. The van der Waals surface area contributed by atoms with Gasteiger partial charge in [-0.3, -0.25) is 9.59 Å². The number of allylic oxidation sites excluding steroid dienone is 4. The van der Waals surface area contributed by atoms with Crippen LogP contribution in [-0.4, -0.2) is 18.4 Å². The van der Waals surface area contributed by atoms with Crippen molar-refractivity contribution in [1.82, 2.24) is 0 Å². The van der Waals surface area contributed by atoms with E-state index < -0.39 is 0 Å². The topological polar surface area (TPSA) is 43.4 Å². The van der Waals surface area contributed by atoms with Crippen molar-refractivity contribution in [2.75, 3.05) is 6.61 Å². The standard InChI is InChI=1S/C14H24O.C12H18O2.C2H6/c1-4-5-6-7-13-10-11(2)8-9-14(13)12(3)15;1-9(2)8-14-11(13)12-5-3-4-10(6-12)7-12;1-2/h8-9,11,13-14H,4-7,10H2,1-3H3;3-4,9-10H,5-8H2,1-2H3;1-2H3/t11?,13-,14?;;/m1../s1. The van der Waals surface area contributed by atoms with Crippen molar-refractivity contribution in [2.45, 2.75) is 99.8 Å². The second kappa shape index (κ2) is 13.9. The first-order valence-corrected chi connectivity index (χ1v) is 12.8. The lowest BCUT2D eigenvalue weighted by Crippen LogP contribution is -2.46. The molecule has 2 bridgehead atoms. The van der Waals surface area contributed by atoms with Gasteiger partial charge in [0.25, 0.3) is 0 Å². The molecule has 0 aliphatic heterocycles.